The predicted octanol–water partition coefficient (Wildman–Crippen LogP) is 2.94. The van der Waals surface area contributed by atoms with E-state index in [1.165, 1.54) is 6.07 Å². The number of benzene rings is 1. The number of aliphatic hydroxyl groups excluding tert-OH is 1. The van der Waals surface area contributed by atoms with Gasteiger partial charge in [0.05, 0.1) is 11.2 Å². The summed E-state index contributed by atoms with van der Waals surface area (Å²) < 4.78 is 16.9. The van der Waals surface area contributed by atoms with Crippen LogP contribution in [-0.4, -0.2) is 40.4 Å². The molecule has 2 aromatic rings. The molecule has 150 valence electrons. The van der Waals surface area contributed by atoms with Gasteiger partial charge in [-0.2, -0.15) is 0 Å². The molecule has 1 saturated carbocycles. The van der Waals surface area contributed by atoms with E-state index in [1.54, 1.807) is 13.0 Å². The Morgan fingerprint density at radius 3 is 2.54 bits per heavy atom. The third-order valence-electron chi connectivity index (χ3n) is 6.35. The van der Waals surface area contributed by atoms with Crippen molar-refractivity contribution in [3.63, 3.8) is 0 Å². The van der Waals surface area contributed by atoms with Crippen LogP contribution in [0.2, 0.25) is 0 Å². The van der Waals surface area contributed by atoms with Crippen LogP contribution in [0.1, 0.15) is 48.8 Å². The summed E-state index contributed by atoms with van der Waals surface area (Å²) in [5.41, 5.74) is 0.311. The molecular formula is C21H25FN2O4. The van der Waals surface area contributed by atoms with Gasteiger partial charge in [-0.05, 0) is 37.3 Å². The zero-order valence-corrected chi connectivity index (χ0v) is 16.3. The summed E-state index contributed by atoms with van der Waals surface area (Å²) in [5.74, 6) is -1.79. The summed E-state index contributed by atoms with van der Waals surface area (Å²) in [7, 11) is 0. The molecule has 1 aliphatic heterocycles. The maximum absolute atomic E-state index is 15.0. The standard InChI is InChI=1S/C21H25FN2O4/c1-11-18(20(27)28)19(26)14-6-15(22)17(7-16(14)24(11)13-4-5-13)23-8-12(9-25)21(2,3)10-23/h6-7,12-13,25H,4-5,8-10H2,1-3H3,(H,27,28). The Morgan fingerprint density at radius 1 is 1.32 bits per heavy atom. The third-order valence-corrected chi connectivity index (χ3v) is 6.35. The number of hydrogen-bond acceptors (Lipinski definition) is 4. The average molecular weight is 388 g/mol. The molecule has 1 aliphatic carbocycles. The number of aromatic nitrogens is 1. The van der Waals surface area contributed by atoms with Crippen molar-refractivity contribution in [2.45, 2.75) is 39.7 Å². The molecule has 1 aromatic heterocycles. The second kappa shape index (κ2) is 6.30. The van der Waals surface area contributed by atoms with Gasteiger partial charge < -0.3 is 19.7 Å². The first-order valence-corrected chi connectivity index (χ1v) is 9.63. The molecule has 0 bridgehead atoms. The normalized spacial score (nSPS) is 21.5. The number of hydrogen-bond donors (Lipinski definition) is 2. The van der Waals surface area contributed by atoms with Crippen molar-refractivity contribution in [2.24, 2.45) is 11.3 Å². The van der Waals surface area contributed by atoms with Crippen LogP contribution in [-0.2, 0) is 0 Å². The van der Waals surface area contributed by atoms with E-state index in [2.05, 4.69) is 13.8 Å². The maximum Gasteiger partial charge on any atom is 0.341 e. The monoisotopic (exact) mass is 388 g/mol. The lowest BCUT2D eigenvalue weighted by Crippen LogP contribution is -2.26. The number of fused-ring (bicyclic) bond motifs is 1. The molecule has 7 heteroatoms. The Hall–Kier alpha value is -2.41. The Labute approximate surface area is 162 Å². The van der Waals surface area contributed by atoms with Gasteiger partial charge in [0.15, 0.2) is 0 Å². The van der Waals surface area contributed by atoms with Crippen molar-refractivity contribution >= 4 is 22.6 Å². The predicted molar refractivity (Wildman–Crippen MR) is 105 cm³/mol. The van der Waals surface area contributed by atoms with Crippen molar-refractivity contribution < 1.29 is 19.4 Å². The molecule has 0 radical (unpaired) electrons. The zero-order chi connectivity index (χ0) is 20.4. The van der Waals surface area contributed by atoms with Crippen LogP contribution in [0.4, 0.5) is 10.1 Å². The molecule has 4 rings (SSSR count). The lowest BCUT2D eigenvalue weighted by Gasteiger charge is -2.24. The highest BCUT2D eigenvalue weighted by Gasteiger charge is 2.40. The van der Waals surface area contributed by atoms with Gasteiger partial charge in [-0.1, -0.05) is 13.8 Å². The topological polar surface area (TPSA) is 82.8 Å². The van der Waals surface area contributed by atoms with E-state index in [9.17, 15) is 19.8 Å². The number of carbonyl (C=O) groups is 1. The van der Waals surface area contributed by atoms with Crippen LogP contribution in [0, 0.1) is 24.1 Å². The maximum atomic E-state index is 15.0. The SMILES string of the molecule is Cc1c(C(=O)O)c(=O)c2cc(F)c(N3CC(CO)C(C)(C)C3)cc2n1C1CC1. The minimum Gasteiger partial charge on any atom is -0.477 e. The zero-order valence-electron chi connectivity index (χ0n) is 16.3. The number of aliphatic hydroxyl groups is 1. The highest BCUT2D eigenvalue weighted by atomic mass is 19.1. The van der Waals surface area contributed by atoms with Gasteiger partial charge in [-0.15, -0.1) is 0 Å². The molecule has 0 spiro atoms. The van der Waals surface area contributed by atoms with E-state index in [4.69, 9.17) is 0 Å². The van der Waals surface area contributed by atoms with Crippen LogP contribution < -0.4 is 10.3 Å². The van der Waals surface area contributed by atoms with Gasteiger partial charge in [0, 0.05) is 42.7 Å². The fourth-order valence-electron chi connectivity index (χ4n) is 4.52. The molecule has 2 N–H and O–H groups in total. The van der Waals surface area contributed by atoms with E-state index < -0.39 is 17.2 Å². The summed E-state index contributed by atoms with van der Waals surface area (Å²) in [6, 6.07) is 3.00. The largest absolute Gasteiger partial charge is 0.477 e. The van der Waals surface area contributed by atoms with Gasteiger partial charge in [-0.25, -0.2) is 9.18 Å². The minimum atomic E-state index is -1.28. The summed E-state index contributed by atoms with van der Waals surface area (Å²) >= 11 is 0. The smallest absolute Gasteiger partial charge is 0.341 e. The molecule has 6 nitrogen and oxygen atoms in total. The van der Waals surface area contributed by atoms with Crippen molar-refractivity contribution in [3.8, 4) is 0 Å². The molecule has 2 fully saturated rings. The lowest BCUT2D eigenvalue weighted by molar-refractivity contribution is 0.0694. The highest BCUT2D eigenvalue weighted by molar-refractivity contribution is 5.95. The average Bonchev–Trinajstić information content (AvgIpc) is 3.38. The first-order valence-electron chi connectivity index (χ1n) is 9.63. The second-order valence-electron chi connectivity index (χ2n) is 8.77. The summed E-state index contributed by atoms with van der Waals surface area (Å²) in [6.45, 7) is 6.91. The molecule has 2 heterocycles. The van der Waals surface area contributed by atoms with E-state index in [-0.39, 0.29) is 34.9 Å². The fourth-order valence-corrected chi connectivity index (χ4v) is 4.52. The Bertz CT molecular complexity index is 1040. The van der Waals surface area contributed by atoms with Crippen LogP contribution in [0.15, 0.2) is 16.9 Å². The van der Waals surface area contributed by atoms with E-state index in [0.29, 0.717) is 30.0 Å². The molecule has 1 unspecified atom stereocenters. The van der Waals surface area contributed by atoms with E-state index in [1.807, 2.05) is 9.47 Å². The summed E-state index contributed by atoms with van der Waals surface area (Å²) in [5, 5.41) is 19.3. The van der Waals surface area contributed by atoms with Crippen molar-refractivity contribution in [3.05, 3.63) is 39.4 Å². The number of nitrogens with zero attached hydrogens (tertiary/aromatic N) is 2. The second-order valence-corrected chi connectivity index (χ2v) is 8.77. The number of anilines is 1. The Kier molecular flexibility index (Phi) is 4.26. The van der Waals surface area contributed by atoms with Crippen molar-refractivity contribution in [1.29, 1.82) is 0 Å². The third kappa shape index (κ3) is 2.80. The van der Waals surface area contributed by atoms with Crippen LogP contribution in [0.5, 0.6) is 0 Å². The number of carboxylic acids is 1. The number of pyridine rings is 1. The summed E-state index contributed by atoms with van der Waals surface area (Å²) in [6.07, 6.45) is 1.82. The Balaban J connectivity index is 1.94. The molecule has 0 amide bonds. The van der Waals surface area contributed by atoms with E-state index >= 15 is 4.39 Å². The molecular weight excluding hydrogens is 363 g/mol. The number of aromatic carboxylic acids is 1. The first-order chi connectivity index (χ1) is 13.2. The first kappa shape index (κ1) is 18.9. The van der Waals surface area contributed by atoms with Crippen LogP contribution in [0.25, 0.3) is 10.9 Å². The van der Waals surface area contributed by atoms with Crippen molar-refractivity contribution in [2.75, 3.05) is 24.6 Å². The lowest BCUT2D eigenvalue weighted by atomic mass is 9.83. The van der Waals surface area contributed by atoms with Crippen LogP contribution >= 0.6 is 0 Å². The molecule has 1 saturated heterocycles. The van der Waals surface area contributed by atoms with Gasteiger partial charge in [-0.3, -0.25) is 4.79 Å². The summed E-state index contributed by atoms with van der Waals surface area (Å²) in [4.78, 5) is 26.3. The fraction of sp³-hybridized carbons (Fsp3) is 0.524. The number of carboxylic acid groups (broad SMARTS) is 1. The quantitative estimate of drug-likeness (QED) is 0.842. The van der Waals surface area contributed by atoms with Gasteiger partial charge >= 0.3 is 5.97 Å². The number of rotatable bonds is 4. The van der Waals surface area contributed by atoms with Crippen molar-refractivity contribution in [1.82, 2.24) is 4.57 Å². The highest BCUT2D eigenvalue weighted by Crippen LogP contribution is 2.42. The molecule has 1 aromatic carbocycles. The van der Waals surface area contributed by atoms with Gasteiger partial charge in [0.1, 0.15) is 11.4 Å². The minimum absolute atomic E-state index is 0.0318. The number of halogens is 1. The molecule has 28 heavy (non-hydrogen) atoms. The Morgan fingerprint density at radius 2 is 2.00 bits per heavy atom. The van der Waals surface area contributed by atoms with Gasteiger partial charge in [0.2, 0.25) is 5.43 Å². The molecule has 2 aliphatic rings. The van der Waals surface area contributed by atoms with Crippen LogP contribution in [0.3, 0.4) is 0 Å². The molecule has 1 atom stereocenters. The van der Waals surface area contributed by atoms with Gasteiger partial charge in [0.25, 0.3) is 0 Å². The van der Waals surface area contributed by atoms with E-state index in [0.717, 1.165) is 12.8 Å².